The van der Waals surface area contributed by atoms with E-state index in [1.807, 2.05) is 30.3 Å². The zero-order chi connectivity index (χ0) is 22.2. The Morgan fingerprint density at radius 2 is 1.35 bits per heavy atom. The third-order valence-corrected chi connectivity index (χ3v) is 8.50. The number of nitrogens with zero attached hydrogens (tertiary/aromatic N) is 1. The first-order chi connectivity index (χ1) is 14.7. The number of halogens is 1. The maximum atomic E-state index is 11.1. The van der Waals surface area contributed by atoms with E-state index < -0.39 is 20.0 Å². The van der Waals surface area contributed by atoms with E-state index in [1.54, 1.807) is 0 Å². The van der Waals surface area contributed by atoms with Crippen LogP contribution in [0, 0.1) is 0 Å². The molecule has 1 N–H and O–H groups in total. The summed E-state index contributed by atoms with van der Waals surface area (Å²) >= 11 is 5.90. The van der Waals surface area contributed by atoms with Crippen LogP contribution in [-0.2, 0) is 20.0 Å². The van der Waals surface area contributed by atoms with E-state index in [9.17, 15) is 16.8 Å². The van der Waals surface area contributed by atoms with Crippen LogP contribution < -0.4 is 4.99 Å². The molecule has 0 atom stereocenters. The van der Waals surface area contributed by atoms with Gasteiger partial charge in [0.05, 0.1) is 20.9 Å². The van der Waals surface area contributed by atoms with Crippen LogP contribution in [0.5, 0.6) is 0 Å². The predicted molar refractivity (Wildman–Crippen MR) is 121 cm³/mol. The van der Waals surface area contributed by atoms with Gasteiger partial charge in [0.2, 0.25) is 5.69 Å². The Hall–Kier alpha value is -2.78. The molecule has 2 aliphatic rings. The van der Waals surface area contributed by atoms with Crippen LogP contribution in [0.15, 0.2) is 82.6 Å². The molecule has 6 nitrogen and oxygen atoms in total. The minimum Gasteiger partial charge on any atom is -0.428 e. The van der Waals surface area contributed by atoms with Crippen molar-refractivity contribution in [3.63, 3.8) is 0 Å². The molecular weight excluding hydrogens is 456 g/mol. The first kappa shape index (κ1) is 21.5. The first-order valence-corrected chi connectivity index (χ1v) is 12.4. The van der Waals surface area contributed by atoms with E-state index in [0.29, 0.717) is 0 Å². The predicted octanol–water partition coefficient (Wildman–Crippen LogP) is 3.52. The molecule has 0 aliphatic carbocycles. The fourth-order valence-electron chi connectivity index (χ4n) is 3.30. The number of nitrogens with one attached hydrogen (secondary N) is 1. The summed E-state index contributed by atoms with van der Waals surface area (Å²) in [7, 11) is -7.95. The molecule has 0 unspecified atom stereocenters. The SMILES string of the molecule is CC1=[NH+]c2ccccc2/C1=C/c1ccc(Cl)cc1.O=S1(=O)[N-]S(=O)(=O)c2ccccc21. The maximum absolute atomic E-state index is 11.1. The van der Waals surface area contributed by atoms with Gasteiger partial charge in [0.1, 0.15) is 20.0 Å². The van der Waals surface area contributed by atoms with Gasteiger partial charge in [-0.2, -0.15) is 0 Å². The van der Waals surface area contributed by atoms with Crippen molar-refractivity contribution >= 4 is 54.7 Å². The summed E-state index contributed by atoms with van der Waals surface area (Å²) in [6.07, 6.45) is 2.19. The van der Waals surface area contributed by atoms with E-state index in [-0.39, 0.29) is 9.79 Å². The number of sulfonamides is 2. The van der Waals surface area contributed by atoms with Crippen molar-refractivity contribution < 1.29 is 21.8 Å². The van der Waals surface area contributed by atoms with Gasteiger partial charge < -0.3 is 4.13 Å². The molecule has 2 aliphatic heterocycles. The highest BCUT2D eigenvalue weighted by Gasteiger charge is 2.26. The summed E-state index contributed by atoms with van der Waals surface area (Å²) in [4.78, 5) is 2.92. The molecule has 0 radical (unpaired) electrons. The summed E-state index contributed by atoms with van der Waals surface area (Å²) in [6.45, 7) is 2.10. The Labute approximate surface area is 186 Å². The molecule has 0 spiro atoms. The Bertz CT molecular complexity index is 1390. The van der Waals surface area contributed by atoms with Crippen molar-refractivity contribution in [3.8, 4) is 0 Å². The molecule has 31 heavy (non-hydrogen) atoms. The van der Waals surface area contributed by atoms with Gasteiger partial charge in [0.15, 0.2) is 5.71 Å². The van der Waals surface area contributed by atoms with E-state index in [0.717, 1.165) is 10.6 Å². The average Bonchev–Trinajstić information content (AvgIpc) is 3.14. The lowest BCUT2D eigenvalue weighted by atomic mass is 10.0. The van der Waals surface area contributed by atoms with Crippen LogP contribution in [0.3, 0.4) is 0 Å². The lowest BCUT2D eigenvalue weighted by Crippen LogP contribution is -2.62. The Kier molecular flexibility index (Phi) is 5.57. The minimum absolute atomic E-state index is 0.241. The lowest BCUT2D eigenvalue weighted by molar-refractivity contribution is -0.349. The van der Waals surface area contributed by atoms with Crippen LogP contribution in [0.25, 0.3) is 15.8 Å². The third kappa shape index (κ3) is 4.33. The van der Waals surface area contributed by atoms with Crippen molar-refractivity contribution in [3.05, 3.63) is 93.1 Å². The van der Waals surface area contributed by atoms with Gasteiger partial charge in [-0.3, -0.25) is 0 Å². The number of benzene rings is 3. The molecule has 0 saturated carbocycles. The third-order valence-electron chi connectivity index (χ3n) is 4.73. The Morgan fingerprint density at radius 3 is 1.97 bits per heavy atom. The molecular formula is C22H17ClN2O4S2. The van der Waals surface area contributed by atoms with E-state index >= 15 is 0 Å². The van der Waals surface area contributed by atoms with Crippen LogP contribution in [0.2, 0.25) is 5.02 Å². The van der Waals surface area contributed by atoms with Gasteiger partial charge in [-0.15, -0.1) is 0 Å². The largest absolute Gasteiger partial charge is 0.428 e. The second-order valence-electron chi connectivity index (χ2n) is 6.88. The minimum atomic E-state index is -3.98. The number of fused-ring (bicyclic) bond motifs is 2. The van der Waals surface area contributed by atoms with E-state index in [1.165, 1.54) is 46.8 Å². The van der Waals surface area contributed by atoms with Gasteiger partial charge in [-0.1, -0.05) is 48.0 Å². The first-order valence-electron chi connectivity index (χ1n) is 9.18. The molecule has 3 aromatic carbocycles. The van der Waals surface area contributed by atoms with E-state index in [4.69, 9.17) is 11.6 Å². The number of allylic oxidation sites excluding steroid dienone is 1. The highest BCUT2D eigenvalue weighted by molar-refractivity contribution is 8.14. The number of rotatable bonds is 1. The van der Waals surface area contributed by atoms with Crippen molar-refractivity contribution in [2.75, 3.05) is 0 Å². The number of hydrogen-bond donors (Lipinski definition) is 1. The summed E-state index contributed by atoms with van der Waals surface area (Å²) in [6, 6.07) is 21.6. The summed E-state index contributed by atoms with van der Waals surface area (Å²) in [5, 5.41) is 0.766. The van der Waals surface area contributed by atoms with Crippen molar-refractivity contribution in [1.82, 2.24) is 0 Å². The highest BCUT2D eigenvalue weighted by Crippen LogP contribution is 2.37. The lowest BCUT2D eigenvalue weighted by Gasteiger charge is -2.05. The van der Waals surface area contributed by atoms with Crippen molar-refractivity contribution in [2.24, 2.45) is 0 Å². The topological polar surface area (TPSA) is 96.3 Å². The summed E-state index contributed by atoms with van der Waals surface area (Å²) in [5.74, 6) is 0. The summed E-state index contributed by atoms with van der Waals surface area (Å²) in [5.41, 5.74) is 6.02. The molecule has 5 rings (SSSR count). The quantitative estimate of drug-likeness (QED) is 0.586. The smallest absolute Gasteiger partial charge is 0.211 e. The summed E-state index contributed by atoms with van der Waals surface area (Å²) < 4.78 is 47.3. The molecule has 0 saturated heterocycles. The second-order valence-corrected chi connectivity index (χ2v) is 10.7. The molecule has 2 heterocycles. The Morgan fingerprint density at radius 1 is 0.806 bits per heavy atom. The fraction of sp³-hybridized carbons (Fsp3) is 0.0455. The van der Waals surface area contributed by atoms with Crippen LogP contribution in [0.4, 0.5) is 5.69 Å². The van der Waals surface area contributed by atoms with Gasteiger partial charge in [0.25, 0.3) is 0 Å². The highest BCUT2D eigenvalue weighted by atomic mass is 35.5. The number of para-hydroxylation sites is 1. The standard InChI is InChI=1S/C16H12ClN.C6H4NO4S2/c1-11-15(10-12-6-8-13(17)9-7-12)14-4-2-3-5-16(14)18-11;8-12(9)5-3-1-2-4-6(5)13(10,11)7-12/h2-10H,1H3;1-4H/q;-1/p+1/b15-10+;. The molecule has 9 heteroatoms. The van der Waals surface area contributed by atoms with Gasteiger partial charge >= 0.3 is 0 Å². The average molecular weight is 473 g/mol. The van der Waals surface area contributed by atoms with Crippen LogP contribution >= 0.6 is 11.6 Å². The van der Waals surface area contributed by atoms with Crippen molar-refractivity contribution in [1.29, 1.82) is 0 Å². The zero-order valence-electron chi connectivity index (χ0n) is 16.3. The van der Waals surface area contributed by atoms with Gasteiger partial charge in [-0.05, 0) is 42.0 Å². The molecule has 0 amide bonds. The van der Waals surface area contributed by atoms with Crippen LogP contribution in [-0.4, -0.2) is 22.5 Å². The second kappa shape index (κ2) is 8.05. The maximum Gasteiger partial charge on any atom is 0.211 e. The molecule has 0 fully saturated rings. The van der Waals surface area contributed by atoms with E-state index in [2.05, 4.69) is 40.3 Å². The molecule has 158 valence electrons. The number of hydrogen-bond acceptors (Lipinski definition) is 4. The molecule has 0 bridgehead atoms. The van der Waals surface area contributed by atoms with Gasteiger partial charge in [0, 0.05) is 18.0 Å². The zero-order valence-corrected chi connectivity index (χ0v) is 18.7. The Balaban J connectivity index is 0.000000158. The normalized spacial score (nSPS) is 18.5. The van der Waals surface area contributed by atoms with Crippen LogP contribution in [0.1, 0.15) is 18.1 Å². The molecule has 0 aromatic heterocycles. The van der Waals surface area contributed by atoms with Crippen molar-refractivity contribution in [2.45, 2.75) is 16.7 Å². The monoisotopic (exact) mass is 472 g/mol. The molecule has 3 aromatic rings. The fourth-order valence-corrected chi connectivity index (χ4v) is 6.88. The van der Waals surface area contributed by atoms with Gasteiger partial charge in [-0.25, -0.2) is 21.8 Å².